The van der Waals surface area contributed by atoms with E-state index in [1.807, 2.05) is 18.2 Å². The van der Waals surface area contributed by atoms with Crippen LogP contribution >= 0.6 is 0 Å². The lowest BCUT2D eigenvalue weighted by molar-refractivity contribution is 0.0992. The zero-order valence-corrected chi connectivity index (χ0v) is 25.1. The normalized spacial score (nSPS) is 20.4. The number of carbonyl (C=O) groups excluding carboxylic acids is 1. The van der Waals surface area contributed by atoms with Gasteiger partial charge in [0, 0.05) is 66.5 Å². The minimum atomic E-state index is -4.28. The zero-order valence-electron chi connectivity index (χ0n) is 24.3. The van der Waals surface area contributed by atoms with Gasteiger partial charge in [0.25, 0.3) is 0 Å². The molecule has 2 aromatic carbocycles. The van der Waals surface area contributed by atoms with Gasteiger partial charge in [-0.25, -0.2) is 17.2 Å². The summed E-state index contributed by atoms with van der Waals surface area (Å²) in [6.07, 6.45) is 2.17. The van der Waals surface area contributed by atoms with Gasteiger partial charge in [0.15, 0.2) is 5.78 Å². The Labute approximate surface area is 249 Å². The monoisotopic (exact) mass is 614 g/mol. The number of aromatic amines is 1. The molecule has 230 valence electrons. The van der Waals surface area contributed by atoms with Crippen LogP contribution in [-0.4, -0.2) is 74.1 Å². The highest BCUT2D eigenvalue weighted by molar-refractivity contribution is 7.89. The van der Waals surface area contributed by atoms with Gasteiger partial charge in [-0.05, 0) is 63.6 Å². The van der Waals surface area contributed by atoms with Crippen LogP contribution < -0.4 is 15.5 Å². The van der Waals surface area contributed by atoms with Crippen molar-refractivity contribution >= 4 is 27.2 Å². The van der Waals surface area contributed by atoms with Gasteiger partial charge in [-0.1, -0.05) is 0 Å². The van der Waals surface area contributed by atoms with Crippen LogP contribution in [-0.2, 0) is 33.3 Å². The third-order valence-corrected chi connectivity index (χ3v) is 10.6. The lowest BCUT2D eigenvalue weighted by Crippen LogP contribution is -2.40. The molecule has 0 saturated carbocycles. The highest BCUT2D eigenvalue weighted by atomic mass is 32.2. The number of H-pyrrole nitrogens is 1. The van der Waals surface area contributed by atoms with E-state index in [1.54, 1.807) is 13.8 Å². The van der Waals surface area contributed by atoms with E-state index in [1.165, 1.54) is 4.31 Å². The largest absolute Gasteiger partial charge is 0.383 e. The van der Waals surface area contributed by atoms with Gasteiger partial charge in [0.2, 0.25) is 10.0 Å². The van der Waals surface area contributed by atoms with E-state index in [-0.39, 0.29) is 18.7 Å². The van der Waals surface area contributed by atoms with Crippen LogP contribution in [0.2, 0.25) is 0 Å². The smallest absolute Gasteiger partial charge is 0.244 e. The first kappa shape index (κ1) is 29.7. The summed E-state index contributed by atoms with van der Waals surface area (Å²) in [5.41, 5.74) is 2.76. The number of aromatic nitrogens is 2. The van der Waals surface area contributed by atoms with Crippen LogP contribution in [0.1, 0.15) is 54.0 Å². The lowest BCUT2D eigenvalue weighted by Gasteiger charge is -2.30. The van der Waals surface area contributed by atoms with E-state index in [4.69, 9.17) is 4.74 Å². The number of hydrogen-bond acceptors (Lipinski definition) is 8. The number of rotatable bonds is 9. The number of ketones is 1. The Morgan fingerprint density at radius 3 is 2.58 bits per heavy atom. The van der Waals surface area contributed by atoms with E-state index in [0.29, 0.717) is 54.4 Å². The number of ether oxygens (including phenoxy) is 1. The number of fused-ring (bicyclic) bond motifs is 1. The van der Waals surface area contributed by atoms with Gasteiger partial charge >= 0.3 is 0 Å². The Bertz CT molecular complexity index is 1610. The Hall–Kier alpha value is -3.39. The highest BCUT2D eigenvalue weighted by Gasteiger charge is 2.48. The molecule has 1 atom stereocenters. The number of hydrogen-bond donors (Lipinski definition) is 3. The molecule has 0 aliphatic carbocycles. The molecule has 3 aromatic rings. The number of carbonyl (C=O) groups is 1. The summed E-state index contributed by atoms with van der Waals surface area (Å²) in [5, 5.41) is 14.3. The summed E-state index contributed by atoms with van der Waals surface area (Å²) < 4.78 is 61.6. The minimum Gasteiger partial charge on any atom is -0.383 e. The fourth-order valence-electron chi connectivity index (χ4n) is 6.23. The van der Waals surface area contributed by atoms with Crippen molar-refractivity contribution in [3.05, 3.63) is 70.5 Å². The molecule has 1 aromatic heterocycles. The Kier molecular flexibility index (Phi) is 8.01. The Morgan fingerprint density at radius 2 is 1.88 bits per heavy atom. The molecule has 2 fully saturated rings. The molecule has 6 rings (SSSR count). The quantitative estimate of drug-likeness (QED) is 0.313. The van der Waals surface area contributed by atoms with Crippen molar-refractivity contribution in [2.45, 2.75) is 56.1 Å². The summed E-state index contributed by atoms with van der Waals surface area (Å²) in [4.78, 5) is 15.6. The molecule has 0 unspecified atom stereocenters. The average molecular weight is 615 g/mol. The zero-order chi connectivity index (χ0) is 30.4. The van der Waals surface area contributed by atoms with Crippen LogP contribution in [0.15, 0.2) is 41.3 Å². The van der Waals surface area contributed by atoms with Crippen LogP contribution in [0.5, 0.6) is 0 Å². The summed E-state index contributed by atoms with van der Waals surface area (Å²) >= 11 is 0. The highest BCUT2D eigenvalue weighted by Crippen LogP contribution is 2.43. The van der Waals surface area contributed by atoms with E-state index in [0.717, 1.165) is 56.0 Å². The Morgan fingerprint density at radius 1 is 1.14 bits per heavy atom. The van der Waals surface area contributed by atoms with E-state index in [9.17, 15) is 22.0 Å². The molecule has 3 aliphatic rings. The van der Waals surface area contributed by atoms with Crippen molar-refractivity contribution in [2.24, 2.45) is 0 Å². The third kappa shape index (κ3) is 5.78. The SMILES string of the molecule is CC1(C)c2n[nH]c(CC(=O)c3ccc(N4CCOCC4)cc3NC[C@H]3CCCN3)c2CN1S(=O)(=O)c1cc(F)cc(F)c1. The van der Waals surface area contributed by atoms with Crippen LogP contribution in [0.4, 0.5) is 20.2 Å². The summed E-state index contributed by atoms with van der Waals surface area (Å²) in [5.74, 6) is -2.10. The third-order valence-electron chi connectivity index (χ3n) is 8.60. The van der Waals surface area contributed by atoms with Crippen molar-refractivity contribution < 1.29 is 26.7 Å². The molecule has 10 nitrogen and oxygen atoms in total. The van der Waals surface area contributed by atoms with E-state index < -0.39 is 32.1 Å². The minimum absolute atomic E-state index is 0.0197. The Balaban J connectivity index is 1.26. The van der Waals surface area contributed by atoms with Gasteiger partial charge < -0.3 is 20.3 Å². The van der Waals surface area contributed by atoms with Crippen LogP contribution in [0, 0.1) is 11.6 Å². The fraction of sp³-hybridized carbons (Fsp3) is 0.467. The van der Waals surface area contributed by atoms with Crippen LogP contribution in [0.25, 0.3) is 0 Å². The molecular formula is C30H36F2N6O4S. The summed E-state index contributed by atoms with van der Waals surface area (Å²) in [6.45, 7) is 7.79. The first-order valence-electron chi connectivity index (χ1n) is 14.6. The average Bonchev–Trinajstić information content (AvgIpc) is 3.70. The predicted molar refractivity (Wildman–Crippen MR) is 158 cm³/mol. The molecule has 0 spiro atoms. The standard InChI is InChI=1S/C30H36F2N6O4S/c1-30(2)29-25(18-38(30)43(40,41)23-13-19(31)12-20(32)14-23)27(35-36-29)16-28(39)24-6-5-22(37-8-10-42-11-9-37)15-26(24)34-17-21-4-3-7-33-21/h5-6,12-15,21,33-34H,3-4,7-11,16-18H2,1-2H3,(H,35,36)/t21-/m1/s1. The predicted octanol–water partition coefficient (Wildman–Crippen LogP) is 3.55. The molecule has 4 heterocycles. The topological polar surface area (TPSA) is 120 Å². The summed E-state index contributed by atoms with van der Waals surface area (Å²) in [6, 6.07) is 8.37. The van der Waals surface area contributed by atoms with Crippen LogP contribution in [0.3, 0.4) is 0 Å². The molecule has 2 saturated heterocycles. The second kappa shape index (κ2) is 11.6. The number of morpholine rings is 1. The molecule has 43 heavy (non-hydrogen) atoms. The molecule has 0 radical (unpaired) electrons. The van der Waals surface area contributed by atoms with Gasteiger partial charge in [-0.2, -0.15) is 9.40 Å². The van der Waals surface area contributed by atoms with E-state index in [2.05, 4.69) is 25.7 Å². The maximum atomic E-state index is 13.9. The maximum absolute atomic E-state index is 13.9. The molecule has 3 aliphatic heterocycles. The van der Waals surface area contributed by atoms with Crippen molar-refractivity contribution in [2.75, 3.05) is 49.6 Å². The fourth-order valence-corrected chi connectivity index (χ4v) is 8.00. The van der Waals surface area contributed by atoms with E-state index >= 15 is 0 Å². The van der Waals surface area contributed by atoms with Gasteiger partial charge in [0.1, 0.15) is 11.6 Å². The number of sulfonamides is 1. The molecule has 13 heteroatoms. The van der Waals surface area contributed by atoms with Crippen molar-refractivity contribution in [1.29, 1.82) is 0 Å². The van der Waals surface area contributed by atoms with Gasteiger partial charge in [-0.15, -0.1) is 0 Å². The molecule has 0 amide bonds. The lowest BCUT2D eigenvalue weighted by atomic mass is 9.98. The molecule has 3 N–H and O–H groups in total. The summed E-state index contributed by atoms with van der Waals surface area (Å²) in [7, 11) is -4.28. The van der Waals surface area contributed by atoms with Gasteiger partial charge in [-0.3, -0.25) is 9.89 Å². The first-order valence-corrected chi connectivity index (χ1v) is 16.0. The van der Waals surface area contributed by atoms with Crippen molar-refractivity contribution in [1.82, 2.24) is 19.8 Å². The number of nitrogens with one attached hydrogen (secondary N) is 3. The first-order chi connectivity index (χ1) is 20.5. The number of anilines is 2. The number of halogens is 2. The van der Waals surface area contributed by atoms with Crippen molar-refractivity contribution in [3.8, 4) is 0 Å². The van der Waals surface area contributed by atoms with Gasteiger partial charge in [0.05, 0.1) is 35.8 Å². The second-order valence-electron chi connectivity index (χ2n) is 11.8. The second-order valence-corrected chi connectivity index (χ2v) is 13.7. The molecule has 0 bridgehead atoms. The number of benzene rings is 2. The number of Topliss-reactive ketones (excluding diaryl/α,β-unsaturated/α-hetero) is 1. The molecular weight excluding hydrogens is 578 g/mol. The maximum Gasteiger partial charge on any atom is 0.244 e. The van der Waals surface area contributed by atoms with Crippen molar-refractivity contribution in [3.63, 3.8) is 0 Å². The number of nitrogens with zero attached hydrogens (tertiary/aromatic N) is 3.